The van der Waals surface area contributed by atoms with Crippen LogP contribution in [0.2, 0.25) is 0 Å². The fraction of sp³-hybridized carbons (Fsp3) is 0.786. The molecular formula is C14H25N3S. The number of rotatable bonds is 6. The molecule has 4 heteroatoms. The highest BCUT2D eigenvalue weighted by atomic mass is 32.1. The number of likely N-dealkylation sites (tertiary alicyclic amines) is 1. The molecule has 0 saturated carbocycles. The molecule has 1 aliphatic rings. The van der Waals surface area contributed by atoms with Gasteiger partial charge in [-0.1, -0.05) is 13.8 Å². The number of aromatic nitrogens is 1. The maximum Gasteiger partial charge on any atom is 0.0897 e. The normalized spacial score (nSPS) is 21.0. The van der Waals surface area contributed by atoms with Crippen molar-refractivity contribution in [2.45, 2.75) is 39.7 Å². The third kappa shape index (κ3) is 4.34. The summed E-state index contributed by atoms with van der Waals surface area (Å²) in [6.45, 7) is 11.4. The Kier molecular flexibility index (Phi) is 5.15. The molecule has 2 rings (SSSR count). The van der Waals surface area contributed by atoms with Gasteiger partial charge in [0.15, 0.2) is 0 Å². The van der Waals surface area contributed by atoms with Crippen molar-refractivity contribution in [3.8, 4) is 0 Å². The van der Waals surface area contributed by atoms with E-state index in [1.165, 1.54) is 43.3 Å². The summed E-state index contributed by atoms with van der Waals surface area (Å²) in [5, 5.41) is 6.93. The summed E-state index contributed by atoms with van der Waals surface area (Å²) in [5.41, 5.74) is 1.27. The van der Waals surface area contributed by atoms with Crippen LogP contribution in [0.1, 0.15) is 31.0 Å². The van der Waals surface area contributed by atoms with E-state index in [0.717, 1.165) is 12.3 Å². The molecule has 1 aromatic rings. The van der Waals surface area contributed by atoms with E-state index in [1.807, 2.05) is 0 Å². The van der Waals surface area contributed by atoms with Gasteiger partial charge in [0.05, 0.1) is 10.7 Å². The number of hydrogen-bond acceptors (Lipinski definition) is 4. The molecule has 0 aliphatic carbocycles. The second kappa shape index (κ2) is 6.64. The van der Waals surface area contributed by atoms with Crippen LogP contribution in [-0.2, 0) is 6.42 Å². The molecule has 1 N–H and O–H groups in total. The molecule has 0 radical (unpaired) electrons. The molecule has 18 heavy (non-hydrogen) atoms. The van der Waals surface area contributed by atoms with Gasteiger partial charge in [0.25, 0.3) is 0 Å². The van der Waals surface area contributed by atoms with Crippen LogP contribution in [0.25, 0.3) is 0 Å². The van der Waals surface area contributed by atoms with Crippen molar-refractivity contribution in [1.82, 2.24) is 15.2 Å². The van der Waals surface area contributed by atoms with Crippen LogP contribution in [0.15, 0.2) is 5.38 Å². The fourth-order valence-corrected chi connectivity index (χ4v) is 3.13. The Morgan fingerprint density at radius 2 is 2.39 bits per heavy atom. The number of hydrogen-bond donors (Lipinski definition) is 1. The highest BCUT2D eigenvalue weighted by Gasteiger charge is 2.21. The highest BCUT2D eigenvalue weighted by Crippen LogP contribution is 2.16. The van der Waals surface area contributed by atoms with Crippen LogP contribution >= 0.6 is 11.3 Å². The van der Waals surface area contributed by atoms with E-state index in [-0.39, 0.29) is 0 Å². The van der Waals surface area contributed by atoms with Gasteiger partial charge in [-0.3, -0.25) is 0 Å². The van der Waals surface area contributed by atoms with Crippen LogP contribution in [0, 0.1) is 12.8 Å². The summed E-state index contributed by atoms with van der Waals surface area (Å²) in [6.07, 6.45) is 2.45. The van der Waals surface area contributed by atoms with Crippen molar-refractivity contribution >= 4 is 11.3 Å². The van der Waals surface area contributed by atoms with Gasteiger partial charge in [-0.05, 0) is 32.4 Å². The van der Waals surface area contributed by atoms with Gasteiger partial charge in [-0.25, -0.2) is 4.98 Å². The first-order chi connectivity index (χ1) is 8.63. The number of thiazole rings is 1. The average molecular weight is 267 g/mol. The third-order valence-electron chi connectivity index (χ3n) is 3.54. The second-order valence-corrected chi connectivity index (χ2v) is 6.69. The van der Waals surface area contributed by atoms with Gasteiger partial charge in [-0.2, -0.15) is 0 Å². The molecule has 1 fully saturated rings. The van der Waals surface area contributed by atoms with Crippen LogP contribution in [-0.4, -0.2) is 42.1 Å². The van der Waals surface area contributed by atoms with Gasteiger partial charge < -0.3 is 10.2 Å². The van der Waals surface area contributed by atoms with Crippen molar-refractivity contribution in [3.05, 3.63) is 16.1 Å². The first kappa shape index (κ1) is 14.0. The zero-order valence-corrected chi connectivity index (χ0v) is 12.6. The average Bonchev–Trinajstić information content (AvgIpc) is 2.93. The molecule has 0 aromatic carbocycles. The molecule has 1 atom stereocenters. The Morgan fingerprint density at radius 1 is 1.56 bits per heavy atom. The van der Waals surface area contributed by atoms with Gasteiger partial charge in [0, 0.05) is 30.9 Å². The predicted octanol–water partition coefficient (Wildman–Crippen LogP) is 2.31. The quantitative estimate of drug-likeness (QED) is 0.857. The van der Waals surface area contributed by atoms with Crippen LogP contribution < -0.4 is 5.32 Å². The third-order valence-corrected chi connectivity index (χ3v) is 4.36. The Labute approximate surface area is 115 Å². The lowest BCUT2D eigenvalue weighted by Gasteiger charge is -2.16. The molecule has 1 saturated heterocycles. The topological polar surface area (TPSA) is 28.2 Å². The molecule has 102 valence electrons. The largest absolute Gasteiger partial charge is 0.314 e. The second-order valence-electron chi connectivity index (χ2n) is 5.63. The maximum atomic E-state index is 4.53. The lowest BCUT2D eigenvalue weighted by Crippen LogP contribution is -2.31. The van der Waals surface area contributed by atoms with E-state index in [2.05, 4.69) is 41.4 Å². The van der Waals surface area contributed by atoms with Gasteiger partial charge in [0.2, 0.25) is 0 Å². The first-order valence-corrected chi connectivity index (χ1v) is 7.88. The summed E-state index contributed by atoms with van der Waals surface area (Å²) < 4.78 is 0. The molecular weight excluding hydrogens is 242 g/mol. The Morgan fingerprint density at radius 3 is 3.06 bits per heavy atom. The van der Waals surface area contributed by atoms with E-state index in [0.29, 0.717) is 6.04 Å². The van der Waals surface area contributed by atoms with Crippen LogP contribution in [0.5, 0.6) is 0 Å². The van der Waals surface area contributed by atoms with Crippen molar-refractivity contribution in [3.63, 3.8) is 0 Å². The lowest BCUT2D eigenvalue weighted by molar-refractivity contribution is 0.323. The van der Waals surface area contributed by atoms with E-state index in [1.54, 1.807) is 11.3 Å². The zero-order valence-electron chi connectivity index (χ0n) is 11.8. The van der Waals surface area contributed by atoms with E-state index >= 15 is 0 Å². The maximum absolute atomic E-state index is 4.53. The number of aryl methyl sites for hydroxylation is 1. The molecule has 1 aromatic heterocycles. The SMILES string of the molecule is Cc1nc(CCN2CCC(CNC(C)C)C2)cs1. The minimum absolute atomic E-state index is 0.608. The highest BCUT2D eigenvalue weighted by molar-refractivity contribution is 7.09. The summed E-state index contributed by atoms with van der Waals surface area (Å²) in [5.74, 6) is 0.838. The smallest absolute Gasteiger partial charge is 0.0897 e. The number of nitrogens with one attached hydrogen (secondary N) is 1. The predicted molar refractivity (Wildman–Crippen MR) is 78.2 cm³/mol. The van der Waals surface area contributed by atoms with Crippen LogP contribution in [0.4, 0.5) is 0 Å². The minimum Gasteiger partial charge on any atom is -0.314 e. The Bertz CT molecular complexity index is 362. The lowest BCUT2D eigenvalue weighted by atomic mass is 10.1. The minimum atomic E-state index is 0.608. The monoisotopic (exact) mass is 267 g/mol. The molecule has 0 bridgehead atoms. The first-order valence-electron chi connectivity index (χ1n) is 7.00. The van der Waals surface area contributed by atoms with Gasteiger partial charge in [-0.15, -0.1) is 11.3 Å². The fourth-order valence-electron chi connectivity index (χ4n) is 2.48. The summed E-state index contributed by atoms with van der Waals surface area (Å²) in [4.78, 5) is 7.11. The Hall–Kier alpha value is -0.450. The van der Waals surface area contributed by atoms with Crippen molar-refractivity contribution in [2.24, 2.45) is 5.92 Å². The molecule has 2 heterocycles. The van der Waals surface area contributed by atoms with Crippen molar-refractivity contribution in [1.29, 1.82) is 0 Å². The zero-order chi connectivity index (χ0) is 13.0. The van der Waals surface area contributed by atoms with Crippen molar-refractivity contribution in [2.75, 3.05) is 26.2 Å². The summed E-state index contributed by atoms with van der Waals surface area (Å²) in [7, 11) is 0. The van der Waals surface area contributed by atoms with Gasteiger partial charge >= 0.3 is 0 Å². The summed E-state index contributed by atoms with van der Waals surface area (Å²) >= 11 is 1.76. The molecule has 1 unspecified atom stereocenters. The number of nitrogens with zero attached hydrogens (tertiary/aromatic N) is 2. The molecule has 0 spiro atoms. The van der Waals surface area contributed by atoms with E-state index in [4.69, 9.17) is 0 Å². The van der Waals surface area contributed by atoms with E-state index < -0.39 is 0 Å². The molecule has 1 aliphatic heterocycles. The Balaban J connectivity index is 1.66. The molecule has 0 amide bonds. The summed E-state index contributed by atoms with van der Waals surface area (Å²) in [6, 6.07) is 0.608. The van der Waals surface area contributed by atoms with Gasteiger partial charge in [0.1, 0.15) is 0 Å². The van der Waals surface area contributed by atoms with Crippen LogP contribution in [0.3, 0.4) is 0 Å². The molecule has 3 nitrogen and oxygen atoms in total. The van der Waals surface area contributed by atoms with Crippen molar-refractivity contribution < 1.29 is 0 Å². The van der Waals surface area contributed by atoms with E-state index in [9.17, 15) is 0 Å². The standard InChI is InChI=1S/C14H25N3S/c1-11(2)15-8-13-4-6-17(9-13)7-5-14-10-18-12(3)16-14/h10-11,13,15H,4-9H2,1-3H3.